The van der Waals surface area contributed by atoms with Crippen LogP contribution in [-0.4, -0.2) is 14.7 Å². The number of nitrogens with zero attached hydrogens (tertiary/aromatic N) is 2. The van der Waals surface area contributed by atoms with Crippen LogP contribution < -0.4 is 0 Å². The highest BCUT2D eigenvalue weighted by atomic mass is 35.5. The monoisotopic (exact) mass is 266 g/mol. The first-order valence-corrected chi connectivity index (χ1v) is 6.24. The Hall–Kier alpha value is -1.39. The second-order valence-corrected chi connectivity index (χ2v) is 4.79. The summed E-state index contributed by atoms with van der Waals surface area (Å²) in [6.07, 6.45) is 0.970. The molecule has 0 bridgehead atoms. The summed E-state index contributed by atoms with van der Waals surface area (Å²) in [7, 11) is 0. The normalized spacial score (nSPS) is 18.7. The van der Waals surface area contributed by atoms with Gasteiger partial charge in [-0.25, -0.2) is 9.37 Å². The lowest BCUT2D eigenvalue weighted by atomic mass is 10.1. The minimum Gasteiger partial charge on any atom is -0.387 e. The van der Waals surface area contributed by atoms with Crippen LogP contribution in [0.2, 0.25) is 5.15 Å². The topological polar surface area (TPSA) is 38.0 Å². The van der Waals surface area contributed by atoms with Gasteiger partial charge in [0.05, 0.1) is 11.8 Å². The number of hydrogen-bond donors (Lipinski definition) is 1. The first-order valence-electron chi connectivity index (χ1n) is 5.87. The molecule has 0 saturated heterocycles. The summed E-state index contributed by atoms with van der Waals surface area (Å²) < 4.78 is 15.1. The molecule has 18 heavy (non-hydrogen) atoms. The summed E-state index contributed by atoms with van der Waals surface area (Å²) >= 11 is 6.06. The predicted molar refractivity (Wildman–Crippen MR) is 66.8 cm³/mol. The molecular formula is C13H12ClFN2O. The van der Waals surface area contributed by atoms with E-state index in [1.54, 1.807) is 12.1 Å². The number of imidazole rings is 1. The number of fused-ring (bicyclic) bond motifs is 1. The average molecular weight is 267 g/mol. The Balaban J connectivity index is 2.16. The molecule has 0 amide bonds. The van der Waals surface area contributed by atoms with Gasteiger partial charge in [-0.1, -0.05) is 23.7 Å². The van der Waals surface area contributed by atoms with Gasteiger partial charge in [-0.05, 0) is 25.0 Å². The minimum absolute atomic E-state index is 0.307. The minimum atomic E-state index is -0.582. The van der Waals surface area contributed by atoms with Crippen LogP contribution in [-0.2, 0) is 6.54 Å². The number of aliphatic hydroxyl groups excluding tert-OH is 1. The maximum atomic E-state index is 13.2. The van der Waals surface area contributed by atoms with Crippen molar-refractivity contribution in [2.24, 2.45) is 0 Å². The summed E-state index contributed by atoms with van der Waals surface area (Å²) in [6, 6.07) is 6.24. The molecule has 1 aliphatic heterocycles. The highest BCUT2D eigenvalue weighted by Crippen LogP contribution is 2.35. The van der Waals surface area contributed by atoms with Gasteiger partial charge >= 0.3 is 0 Å². The molecule has 5 heteroatoms. The van der Waals surface area contributed by atoms with Gasteiger partial charge < -0.3 is 9.67 Å². The van der Waals surface area contributed by atoms with Crippen molar-refractivity contribution in [3.05, 3.63) is 40.9 Å². The average Bonchev–Trinajstić information content (AvgIpc) is 2.68. The number of hydrogen-bond acceptors (Lipinski definition) is 2. The standard InChI is InChI=1S/C13H12ClFN2O/c14-12-11-10(18)5-2-6-17(11)13(16-12)8-3-1-4-9(15)7-8/h1,3-4,7,10,18H,2,5-6H2. The first kappa shape index (κ1) is 11.7. The van der Waals surface area contributed by atoms with E-state index in [-0.39, 0.29) is 5.82 Å². The van der Waals surface area contributed by atoms with Gasteiger partial charge in [-0.2, -0.15) is 0 Å². The lowest BCUT2D eigenvalue weighted by Crippen LogP contribution is -2.15. The van der Waals surface area contributed by atoms with E-state index in [1.165, 1.54) is 12.1 Å². The van der Waals surface area contributed by atoms with Gasteiger partial charge in [0.15, 0.2) is 5.15 Å². The van der Waals surface area contributed by atoms with Crippen LogP contribution in [0, 0.1) is 5.82 Å². The quantitative estimate of drug-likeness (QED) is 0.861. The number of aromatic nitrogens is 2. The van der Waals surface area contributed by atoms with Crippen LogP contribution in [0.1, 0.15) is 24.6 Å². The van der Waals surface area contributed by atoms with Crippen molar-refractivity contribution in [2.75, 3.05) is 0 Å². The fourth-order valence-corrected chi connectivity index (χ4v) is 2.72. The van der Waals surface area contributed by atoms with Crippen LogP contribution in [0.5, 0.6) is 0 Å². The highest BCUT2D eigenvalue weighted by Gasteiger charge is 2.26. The molecule has 3 rings (SSSR count). The third-order valence-corrected chi connectivity index (χ3v) is 3.50. The summed E-state index contributed by atoms with van der Waals surface area (Å²) in [6.45, 7) is 0.748. The Morgan fingerprint density at radius 1 is 1.44 bits per heavy atom. The van der Waals surface area contributed by atoms with E-state index in [2.05, 4.69) is 4.98 Å². The van der Waals surface area contributed by atoms with Crippen LogP contribution >= 0.6 is 11.6 Å². The predicted octanol–water partition coefficient (Wildman–Crippen LogP) is 3.17. The van der Waals surface area contributed by atoms with Crippen LogP contribution in [0.15, 0.2) is 24.3 Å². The summed E-state index contributed by atoms with van der Waals surface area (Å²) in [5, 5.41) is 10.2. The van der Waals surface area contributed by atoms with Gasteiger partial charge in [0.1, 0.15) is 11.6 Å². The fourth-order valence-electron chi connectivity index (χ4n) is 2.41. The summed E-state index contributed by atoms with van der Waals surface area (Å²) in [5.74, 6) is 0.311. The SMILES string of the molecule is OC1CCCn2c(-c3cccc(F)c3)nc(Cl)c21. The molecule has 1 atom stereocenters. The zero-order valence-electron chi connectivity index (χ0n) is 9.61. The highest BCUT2D eigenvalue weighted by molar-refractivity contribution is 6.30. The third kappa shape index (κ3) is 1.82. The lowest BCUT2D eigenvalue weighted by Gasteiger charge is -2.21. The molecule has 1 N–H and O–H groups in total. The number of aliphatic hydroxyl groups is 1. The number of rotatable bonds is 1. The van der Waals surface area contributed by atoms with Crippen molar-refractivity contribution in [1.82, 2.24) is 9.55 Å². The van der Waals surface area contributed by atoms with Crippen molar-refractivity contribution in [2.45, 2.75) is 25.5 Å². The number of halogens is 2. The Bertz CT molecular complexity index is 597. The van der Waals surface area contributed by atoms with Crippen LogP contribution in [0.3, 0.4) is 0 Å². The molecule has 0 radical (unpaired) electrons. The first-order chi connectivity index (χ1) is 8.66. The summed E-state index contributed by atoms with van der Waals surface area (Å²) in [5.41, 5.74) is 1.32. The molecule has 1 unspecified atom stereocenters. The summed E-state index contributed by atoms with van der Waals surface area (Å²) in [4.78, 5) is 4.26. The van der Waals surface area contributed by atoms with Gasteiger partial charge in [0, 0.05) is 12.1 Å². The molecule has 2 heterocycles. The van der Waals surface area contributed by atoms with E-state index in [1.807, 2.05) is 4.57 Å². The zero-order valence-corrected chi connectivity index (χ0v) is 10.4. The molecule has 2 aromatic rings. The largest absolute Gasteiger partial charge is 0.387 e. The van der Waals surface area contributed by atoms with Gasteiger partial charge in [0.25, 0.3) is 0 Å². The molecule has 0 fully saturated rings. The van der Waals surface area contributed by atoms with Crippen LogP contribution in [0.25, 0.3) is 11.4 Å². The molecule has 1 aromatic carbocycles. The van der Waals surface area contributed by atoms with Crippen molar-refractivity contribution < 1.29 is 9.50 Å². The van der Waals surface area contributed by atoms with E-state index in [0.717, 1.165) is 13.0 Å². The zero-order chi connectivity index (χ0) is 12.7. The van der Waals surface area contributed by atoms with E-state index in [4.69, 9.17) is 11.6 Å². The van der Waals surface area contributed by atoms with Crippen molar-refractivity contribution in [3.63, 3.8) is 0 Å². The van der Waals surface area contributed by atoms with Gasteiger partial charge in [0.2, 0.25) is 0 Å². The third-order valence-electron chi connectivity index (χ3n) is 3.22. The lowest BCUT2D eigenvalue weighted by molar-refractivity contribution is 0.139. The van der Waals surface area contributed by atoms with Crippen molar-refractivity contribution in [1.29, 1.82) is 0 Å². The van der Waals surface area contributed by atoms with E-state index in [0.29, 0.717) is 28.7 Å². The molecule has 1 aromatic heterocycles. The maximum Gasteiger partial charge on any atom is 0.153 e. The van der Waals surface area contributed by atoms with E-state index < -0.39 is 6.10 Å². The second-order valence-electron chi connectivity index (χ2n) is 4.43. The van der Waals surface area contributed by atoms with E-state index in [9.17, 15) is 9.50 Å². The molecule has 1 aliphatic rings. The second kappa shape index (κ2) is 4.37. The fraction of sp³-hybridized carbons (Fsp3) is 0.308. The van der Waals surface area contributed by atoms with Gasteiger partial charge in [-0.15, -0.1) is 0 Å². The Labute approximate surface area is 109 Å². The molecule has 0 saturated carbocycles. The van der Waals surface area contributed by atoms with Crippen molar-refractivity contribution >= 4 is 11.6 Å². The van der Waals surface area contributed by atoms with Gasteiger partial charge in [-0.3, -0.25) is 0 Å². The Kier molecular flexibility index (Phi) is 2.84. The molecule has 0 aliphatic carbocycles. The van der Waals surface area contributed by atoms with E-state index >= 15 is 0 Å². The van der Waals surface area contributed by atoms with Crippen LogP contribution in [0.4, 0.5) is 4.39 Å². The van der Waals surface area contributed by atoms with Crippen molar-refractivity contribution in [3.8, 4) is 11.4 Å². The number of benzene rings is 1. The molecular weight excluding hydrogens is 255 g/mol. The maximum absolute atomic E-state index is 13.2. The molecule has 94 valence electrons. The smallest absolute Gasteiger partial charge is 0.153 e. The Morgan fingerprint density at radius 2 is 2.28 bits per heavy atom. The molecule has 3 nitrogen and oxygen atoms in total. The molecule has 0 spiro atoms. The Morgan fingerprint density at radius 3 is 3.06 bits per heavy atom.